The SMILES string of the molecule is NC(=O)OC1CCCC(F)(F)C1.O=CO. The van der Waals surface area contributed by atoms with Gasteiger partial charge in [0.15, 0.2) is 0 Å². The maximum absolute atomic E-state index is 12.7. The van der Waals surface area contributed by atoms with E-state index < -0.39 is 24.5 Å². The quantitative estimate of drug-likeness (QED) is 0.659. The van der Waals surface area contributed by atoms with Crippen LogP contribution in [0, 0.1) is 0 Å². The molecule has 0 aliphatic heterocycles. The number of carboxylic acid groups (broad SMARTS) is 1. The van der Waals surface area contributed by atoms with Crippen LogP contribution in [0.15, 0.2) is 0 Å². The highest BCUT2D eigenvalue weighted by Crippen LogP contribution is 2.34. The van der Waals surface area contributed by atoms with Crippen LogP contribution in [0.4, 0.5) is 13.6 Å². The molecular weight excluding hydrogens is 212 g/mol. The first kappa shape index (κ1) is 13.6. The second kappa shape index (κ2) is 6.15. The van der Waals surface area contributed by atoms with Gasteiger partial charge in [-0.3, -0.25) is 4.79 Å². The third-order valence-electron chi connectivity index (χ3n) is 1.88. The third-order valence-corrected chi connectivity index (χ3v) is 1.88. The topological polar surface area (TPSA) is 89.6 Å². The van der Waals surface area contributed by atoms with Crippen LogP contribution in [0.2, 0.25) is 0 Å². The van der Waals surface area contributed by atoms with Crippen LogP contribution in [0.1, 0.15) is 25.7 Å². The van der Waals surface area contributed by atoms with Crippen molar-refractivity contribution in [1.29, 1.82) is 0 Å². The molecule has 0 heterocycles. The minimum Gasteiger partial charge on any atom is -0.483 e. The first-order valence-corrected chi connectivity index (χ1v) is 4.33. The Labute approximate surface area is 85.2 Å². The lowest BCUT2D eigenvalue weighted by atomic mass is 9.94. The van der Waals surface area contributed by atoms with Gasteiger partial charge in [-0.15, -0.1) is 0 Å². The van der Waals surface area contributed by atoms with Gasteiger partial charge >= 0.3 is 6.09 Å². The number of nitrogens with two attached hydrogens (primary N) is 1. The fraction of sp³-hybridized carbons (Fsp3) is 0.750. The Morgan fingerprint density at radius 2 is 2.13 bits per heavy atom. The van der Waals surface area contributed by atoms with E-state index in [0.717, 1.165) is 0 Å². The minimum atomic E-state index is -2.70. The molecule has 0 aromatic heterocycles. The fourth-order valence-corrected chi connectivity index (χ4v) is 1.39. The lowest BCUT2D eigenvalue weighted by molar-refractivity contribution is -0.122. The van der Waals surface area contributed by atoms with E-state index in [4.69, 9.17) is 15.6 Å². The summed E-state index contributed by atoms with van der Waals surface area (Å²) >= 11 is 0. The summed E-state index contributed by atoms with van der Waals surface area (Å²) in [6.45, 7) is -0.250. The van der Waals surface area contributed by atoms with Gasteiger partial charge in [-0.1, -0.05) is 0 Å². The van der Waals surface area contributed by atoms with Gasteiger partial charge in [0.2, 0.25) is 0 Å². The molecule has 88 valence electrons. The zero-order valence-electron chi connectivity index (χ0n) is 7.99. The Kier molecular flexibility index (Phi) is 5.58. The van der Waals surface area contributed by atoms with Gasteiger partial charge in [-0.25, -0.2) is 13.6 Å². The van der Waals surface area contributed by atoms with E-state index in [1.165, 1.54) is 0 Å². The zero-order valence-corrected chi connectivity index (χ0v) is 7.99. The van der Waals surface area contributed by atoms with Crippen LogP contribution in [0.25, 0.3) is 0 Å². The molecule has 0 aromatic rings. The molecule has 1 aliphatic rings. The molecular formula is C8H13F2NO4. The summed E-state index contributed by atoms with van der Waals surface area (Å²) in [5.74, 6) is -2.70. The van der Waals surface area contributed by atoms with Gasteiger partial charge < -0.3 is 15.6 Å². The van der Waals surface area contributed by atoms with E-state index in [-0.39, 0.29) is 12.9 Å². The second-order valence-corrected chi connectivity index (χ2v) is 3.12. The summed E-state index contributed by atoms with van der Waals surface area (Å²) in [5, 5.41) is 6.89. The third kappa shape index (κ3) is 6.64. The molecule has 1 fully saturated rings. The number of carbonyl (C=O) groups excluding carboxylic acids is 1. The molecule has 1 rings (SSSR count). The number of hydrogen-bond donors (Lipinski definition) is 2. The fourth-order valence-electron chi connectivity index (χ4n) is 1.39. The highest BCUT2D eigenvalue weighted by molar-refractivity contribution is 5.64. The first-order chi connectivity index (χ1) is 6.91. The standard InChI is InChI=1S/C7H11F2NO2.CH2O2/c8-7(9)3-1-2-5(4-7)12-6(10)11;2-1-3/h5H,1-4H2,(H2,10,11);1H,(H,2,3). The molecule has 15 heavy (non-hydrogen) atoms. The van der Waals surface area contributed by atoms with Crippen molar-refractivity contribution < 1.29 is 28.2 Å². The zero-order chi connectivity index (χ0) is 11.9. The van der Waals surface area contributed by atoms with Crippen molar-refractivity contribution in [3.63, 3.8) is 0 Å². The highest BCUT2D eigenvalue weighted by Gasteiger charge is 2.37. The van der Waals surface area contributed by atoms with E-state index in [2.05, 4.69) is 4.74 Å². The average Bonchev–Trinajstić information content (AvgIpc) is 2.01. The lowest BCUT2D eigenvalue weighted by Gasteiger charge is -2.27. The molecule has 1 saturated carbocycles. The smallest absolute Gasteiger partial charge is 0.404 e. The van der Waals surface area contributed by atoms with Gasteiger partial charge in [0.05, 0.1) is 0 Å². The molecule has 1 amide bonds. The molecule has 0 spiro atoms. The van der Waals surface area contributed by atoms with Crippen LogP contribution in [0.3, 0.4) is 0 Å². The van der Waals surface area contributed by atoms with Crippen molar-refractivity contribution in [2.75, 3.05) is 0 Å². The number of carbonyl (C=O) groups is 2. The minimum absolute atomic E-state index is 0.119. The maximum Gasteiger partial charge on any atom is 0.404 e. The average molecular weight is 225 g/mol. The molecule has 0 radical (unpaired) electrons. The van der Waals surface area contributed by atoms with Gasteiger partial charge in [0.1, 0.15) is 6.10 Å². The first-order valence-electron chi connectivity index (χ1n) is 4.33. The van der Waals surface area contributed by atoms with E-state index >= 15 is 0 Å². The van der Waals surface area contributed by atoms with Gasteiger partial charge in [-0.05, 0) is 12.8 Å². The van der Waals surface area contributed by atoms with Crippen molar-refractivity contribution in [1.82, 2.24) is 0 Å². The summed E-state index contributed by atoms with van der Waals surface area (Å²) in [4.78, 5) is 18.6. The summed E-state index contributed by atoms with van der Waals surface area (Å²) < 4.78 is 29.8. The summed E-state index contributed by atoms with van der Waals surface area (Å²) in [5.41, 5.74) is 4.71. The highest BCUT2D eigenvalue weighted by atomic mass is 19.3. The van der Waals surface area contributed by atoms with E-state index in [1.54, 1.807) is 0 Å². The van der Waals surface area contributed by atoms with Crippen molar-refractivity contribution in [2.24, 2.45) is 5.73 Å². The molecule has 1 atom stereocenters. The number of hydrogen-bond acceptors (Lipinski definition) is 3. The Balaban J connectivity index is 0.000000583. The number of amides is 1. The van der Waals surface area contributed by atoms with Gasteiger partial charge in [0, 0.05) is 12.8 Å². The molecule has 1 aliphatic carbocycles. The summed E-state index contributed by atoms with van der Waals surface area (Å²) in [6.07, 6.45) is -1.32. The monoisotopic (exact) mass is 225 g/mol. The summed E-state index contributed by atoms with van der Waals surface area (Å²) in [6, 6.07) is 0. The predicted molar refractivity (Wildman–Crippen MR) is 46.6 cm³/mol. The molecule has 7 heteroatoms. The second-order valence-electron chi connectivity index (χ2n) is 3.12. The van der Waals surface area contributed by atoms with Crippen LogP contribution < -0.4 is 5.73 Å². The number of rotatable bonds is 1. The predicted octanol–water partition coefficient (Wildman–Crippen LogP) is 1.36. The number of primary amides is 1. The number of alkyl halides is 2. The van der Waals surface area contributed by atoms with Crippen LogP contribution in [0.5, 0.6) is 0 Å². The van der Waals surface area contributed by atoms with E-state index in [1.807, 2.05) is 0 Å². The van der Waals surface area contributed by atoms with Crippen molar-refractivity contribution >= 4 is 12.6 Å². The van der Waals surface area contributed by atoms with Crippen LogP contribution >= 0.6 is 0 Å². The Morgan fingerprint density at radius 3 is 2.53 bits per heavy atom. The van der Waals surface area contributed by atoms with Crippen molar-refractivity contribution in [3.8, 4) is 0 Å². The van der Waals surface area contributed by atoms with Crippen molar-refractivity contribution in [2.45, 2.75) is 37.7 Å². The molecule has 3 N–H and O–H groups in total. The Morgan fingerprint density at radius 1 is 1.60 bits per heavy atom. The van der Waals surface area contributed by atoms with E-state index in [0.29, 0.717) is 12.8 Å². The number of ether oxygens (including phenoxy) is 1. The molecule has 0 saturated heterocycles. The molecule has 1 unspecified atom stereocenters. The van der Waals surface area contributed by atoms with Crippen LogP contribution in [-0.2, 0) is 9.53 Å². The Bertz CT molecular complexity index is 223. The Hall–Kier alpha value is -1.40. The van der Waals surface area contributed by atoms with E-state index in [9.17, 15) is 13.6 Å². The van der Waals surface area contributed by atoms with Gasteiger partial charge in [0.25, 0.3) is 12.4 Å². The maximum atomic E-state index is 12.7. The lowest BCUT2D eigenvalue weighted by Crippen LogP contribution is -2.33. The molecule has 5 nitrogen and oxygen atoms in total. The number of halogens is 2. The summed E-state index contributed by atoms with van der Waals surface area (Å²) in [7, 11) is 0. The largest absolute Gasteiger partial charge is 0.483 e. The van der Waals surface area contributed by atoms with Crippen molar-refractivity contribution in [3.05, 3.63) is 0 Å². The molecule has 0 aromatic carbocycles. The van der Waals surface area contributed by atoms with Gasteiger partial charge in [-0.2, -0.15) is 0 Å². The van der Waals surface area contributed by atoms with Crippen LogP contribution in [-0.4, -0.2) is 29.7 Å². The normalized spacial score (nSPS) is 23.2. The molecule has 0 bridgehead atoms.